The summed E-state index contributed by atoms with van der Waals surface area (Å²) in [6.45, 7) is 0. The second-order valence-corrected chi connectivity index (χ2v) is 5.67. The molecule has 0 spiro atoms. The zero-order valence-corrected chi connectivity index (χ0v) is 10.7. The first-order chi connectivity index (χ1) is 9.70. The molecule has 20 heavy (non-hydrogen) atoms. The molecule has 4 atom stereocenters. The molecular weight excluding hydrogens is 252 g/mol. The van der Waals surface area contributed by atoms with E-state index in [1.165, 1.54) is 4.90 Å². The minimum atomic E-state index is -0.173. The fraction of sp³-hybridized carbons (Fsp3) is 0.312. The number of fused-ring (bicyclic) bond motifs is 5. The monoisotopic (exact) mass is 264 g/mol. The zero-order valence-electron chi connectivity index (χ0n) is 10.7. The lowest BCUT2D eigenvalue weighted by Crippen LogP contribution is -2.32. The Balaban J connectivity index is 1.72. The SMILES string of the molecule is N#Cc1ccc(N2C(=O)[C@@H]3[C@H](C2=O)[C@@H]2C=C[C@H]3C2)cc1. The van der Waals surface area contributed by atoms with Crippen molar-refractivity contribution in [1.82, 2.24) is 0 Å². The van der Waals surface area contributed by atoms with Crippen LogP contribution in [0.4, 0.5) is 5.69 Å². The molecule has 2 amide bonds. The molecule has 1 aliphatic heterocycles. The van der Waals surface area contributed by atoms with Gasteiger partial charge in [-0.25, -0.2) is 0 Å². The highest BCUT2D eigenvalue weighted by Crippen LogP contribution is 2.53. The Kier molecular flexibility index (Phi) is 2.17. The summed E-state index contributed by atoms with van der Waals surface area (Å²) in [6.07, 6.45) is 5.10. The highest BCUT2D eigenvalue weighted by Gasteiger charge is 2.59. The van der Waals surface area contributed by atoms with Crippen LogP contribution in [0, 0.1) is 35.0 Å². The molecule has 1 aromatic rings. The Morgan fingerprint density at radius 1 is 1.00 bits per heavy atom. The van der Waals surface area contributed by atoms with Gasteiger partial charge in [-0.2, -0.15) is 5.26 Å². The summed E-state index contributed by atoms with van der Waals surface area (Å²) in [6, 6.07) is 8.65. The van der Waals surface area contributed by atoms with Gasteiger partial charge in [-0.1, -0.05) is 12.2 Å². The summed E-state index contributed by atoms with van der Waals surface area (Å²) in [5, 5.41) is 8.80. The average molecular weight is 264 g/mol. The van der Waals surface area contributed by atoms with Crippen LogP contribution in [0.2, 0.25) is 0 Å². The van der Waals surface area contributed by atoms with Gasteiger partial charge in [-0.05, 0) is 42.5 Å². The molecule has 0 radical (unpaired) electrons. The third-order valence-corrected chi connectivity index (χ3v) is 4.72. The second-order valence-electron chi connectivity index (χ2n) is 5.67. The molecule has 4 rings (SSSR count). The molecule has 2 fully saturated rings. The van der Waals surface area contributed by atoms with Crippen molar-refractivity contribution in [2.24, 2.45) is 23.7 Å². The lowest BCUT2D eigenvalue weighted by Gasteiger charge is -2.17. The minimum absolute atomic E-state index is 0.0819. The van der Waals surface area contributed by atoms with Crippen LogP contribution in [0.5, 0.6) is 0 Å². The number of anilines is 1. The van der Waals surface area contributed by atoms with E-state index in [4.69, 9.17) is 5.26 Å². The molecule has 0 N–H and O–H groups in total. The Morgan fingerprint density at radius 3 is 2.05 bits per heavy atom. The molecule has 1 saturated carbocycles. The maximum atomic E-state index is 12.5. The number of nitrogens with zero attached hydrogens (tertiary/aromatic N) is 2. The van der Waals surface area contributed by atoms with Crippen LogP contribution in [0.1, 0.15) is 12.0 Å². The molecule has 2 bridgehead atoms. The number of allylic oxidation sites excluding steroid dienone is 2. The van der Waals surface area contributed by atoms with Gasteiger partial charge in [0.25, 0.3) is 0 Å². The molecule has 3 aliphatic rings. The van der Waals surface area contributed by atoms with E-state index in [2.05, 4.69) is 12.2 Å². The number of rotatable bonds is 1. The van der Waals surface area contributed by atoms with Gasteiger partial charge < -0.3 is 0 Å². The van der Waals surface area contributed by atoms with Gasteiger partial charge in [0.05, 0.1) is 29.2 Å². The molecule has 0 unspecified atom stereocenters. The van der Waals surface area contributed by atoms with Crippen molar-refractivity contribution in [3.8, 4) is 6.07 Å². The fourth-order valence-electron chi connectivity index (χ4n) is 3.84. The van der Waals surface area contributed by atoms with E-state index < -0.39 is 0 Å². The predicted octanol–water partition coefficient (Wildman–Crippen LogP) is 1.87. The Bertz CT molecular complexity index is 653. The second kappa shape index (κ2) is 3.80. The number of amides is 2. The normalized spacial score (nSPS) is 33.6. The molecule has 1 heterocycles. The number of nitriles is 1. The quantitative estimate of drug-likeness (QED) is 0.574. The number of carbonyl (C=O) groups is 2. The smallest absolute Gasteiger partial charge is 0.238 e. The number of imide groups is 1. The lowest BCUT2D eigenvalue weighted by molar-refractivity contribution is -0.123. The van der Waals surface area contributed by atoms with E-state index in [0.717, 1.165) is 6.42 Å². The third kappa shape index (κ3) is 1.30. The van der Waals surface area contributed by atoms with E-state index in [9.17, 15) is 9.59 Å². The Labute approximate surface area is 116 Å². The maximum absolute atomic E-state index is 12.5. The fourth-order valence-corrected chi connectivity index (χ4v) is 3.84. The number of hydrogen-bond donors (Lipinski definition) is 0. The first kappa shape index (κ1) is 11.4. The van der Waals surface area contributed by atoms with Gasteiger partial charge >= 0.3 is 0 Å². The Hall–Kier alpha value is -2.41. The molecule has 4 heteroatoms. The van der Waals surface area contributed by atoms with Gasteiger partial charge in [0.15, 0.2) is 0 Å². The molecule has 1 aromatic carbocycles. The largest absolute Gasteiger partial charge is 0.274 e. The van der Waals surface area contributed by atoms with Crippen molar-refractivity contribution < 1.29 is 9.59 Å². The lowest BCUT2D eigenvalue weighted by atomic mass is 9.85. The Morgan fingerprint density at radius 2 is 1.55 bits per heavy atom. The van der Waals surface area contributed by atoms with E-state index in [1.807, 2.05) is 6.07 Å². The average Bonchev–Trinajstić information content (AvgIpc) is 3.14. The predicted molar refractivity (Wildman–Crippen MR) is 71.4 cm³/mol. The summed E-state index contributed by atoms with van der Waals surface area (Å²) in [5.41, 5.74) is 1.10. The molecule has 98 valence electrons. The van der Waals surface area contributed by atoms with Crippen LogP contribution in [0.15, 0.2) is 36.4 Å². The summed E-state index contributed by atoms with van der Waals surface area (Å²) < 4.78 is 0. The van der Waals surface area contributed by atoms with Crippen molar-refractivity contribution in [2.75, 3.05) is 4.90 Å². The summed E-state index contributed by atoms with van der Waals surface area (Å²) in [5.74, 6) is -0.0564. The van der Waals surface area contributed by atoms with Gasteiger partial charge in [-0.3, -0.25) is 14.5 Å². The number of carbonyl (C=O) groups excluding carboxylic acids is 2. The van der Waals surface area contributed by atoms with Gasteiger partial charge in [0.2, 0.25) is 11.8 Å². The minimum Gasteiger partial charge on any atom is -0.274 e. The number of hydrogen-bond acceptors (Lipinski definition) is 3. The molecule has 1 saturated heterocycles. The van der Waals surface area contributed by atoms with Crippen molar-refractivity contribution >= 4 is 17.5 Å². The van der Waals surface area contributed by atoms with Gasteiger partial charge in [0, 0.05) is 0 Å². The first-order valence-electron chi connectivity index (χ1n) is 6.77. The van der Waals surface area contributed by atoms with E-state index in [1.54, 1.807) is 24.3 Å². The van der Waals surface area contributed by atoms with E-state index in [-0.39, 0.29) is 35.5 Å². The van der Waals surface area contributed by atoms with Crippen LogP contribution < -0.4 is 4.90 Å². The topological polar surface area (TPSA) is 61.2 Å². The summed E-state index contributed by atoms with van der Waals surface area (Å²) >= 11 is 0. The van der Waals surface area contributed by atoms with Gasteiger partial charge in [0.1, 0.15) is 0 Å². The highest BCUT2D eigenvalue weighted by atomic mass is 16.2. The van der Waals surface area contributed by atoms with Crippen LogP contribution in [0.3, 0.4) is 0 Å². The van der Waals surface area contributed by atoms with Crippen LogP contribution in [0.25, 0.3) is 0 Å². The van der Waals surface area contributed by atoms with Crippen molar-refractivity contribution in [1.29, 1.82) is 5.26 Å². The zero-order chi connectivity index (χ0) is 13.9. The van der Waals surface area contributed by atoms with Crippen LogP contribution in [-0.2, 0) is 9.59 Å². The maximum Gasteiger partial charge on any atom is 0.238 e. The molecular formula is C16H12N2O2. The van der Waals surface area contributed by atoms with Crippen molar-refractivity contribution in [3.05, 3.63) is 42.0 Å². The highest BCUT2D eigenvalue weighted by molar-refractivity contribution is 6.22. The van der Waals surface area contributed by atoms with Crippen LogP contribution in [-0.4, -0.2) is 11.8 Å². The van der Waals surface area contributed by atoms with E-state index >= 15 is 0 Å². The molecule has 2 aliphatic carbocycles. The summed E-state index contributed by atoms with van der Waals surface area (Å²) in [7, 11) is 0. The van der Waals surface area contributed by atoms with Crippen LogP contribution >= 0.6 is 0 Å². The van der Waals surface area contributed by atoms with Gasteiger partial charge in [-0.15, -0.1) is 0 Å². The first-order valence-corrected chi connectivity index (χ1v) is 6.77. The summed E-state index contributed by atoms with van der Waals surface area (Å²) in [4.78, 5) is 26.4. The third-order valence-electron chi connectivity index (χ3n) is 4.72. The standard InChI is InChI=1S/C16H12N2O2/c17-8-9-1-5-12(6-2-9)18-15(19)13-10-3-4-11(7-10)14(13)16(18)20/h1-6,10-11,13-14H,7H2/t10-,11+,13-,14+. The number of benzene rings is 1. The molecule has 0 aromatic heterocycles. The van der Waals surface area contributed by atoms with Crippen molar-refractivity contribution in [3.63, 3.8) is 0 Å². The molecule has 4 nitrogen and oxygen atoms in total. The van der Waals surface area contributed by atoms with Crippen molar-refractivity contribution in [2.45, 2.75) is 6.42 Å². The van der Waals surface area contributed by atoms with E-state index in [0.29, 0.717) is 11.3 Å².